The van der Waals surface area contributed by atoms with E-state index in [2.05, 4.69) is 20.6 Å². The van der Waals surface area contributed by atoms with E-state index in [1.807, 2.05) is 19.1 Å². The average molecular weight is 331 g/mol. The van der Waals surface area contributed by atoms with Gasteiger partial charge in [0.1, 0.15) is 11.5 Å². The van der Waals surface area contributed by atoms with Crippen molar-refractivity contribution in [2.24, 2.45) is 0 Å². The fourth-order valence-electron chi connectivity index (χ4n) is 2.66. The quantitative estimate of drug-likeness (QED) is 0.887. The van der Waals surface area contributed by atoms with Crippen molar-refractivity contribution in [3.8, 4) is 0 Å². The minimum absolute atomic E-state index is 0.277. The summed E-state index contributed by atoms with van der Waals surface area (Å²) in [5, 5.41) is 6.74. The number of rotatable bonds is 4. The minimum Gasteiger partial charge on any atom is -0.366 e. The molecule has 1 saturated carbocycles. The summed E-state index contributed by atoms with van der Waals surface area (Å²) in [6.45, 7) is 1.91. The molecule has 0 bridgehead atoms. The van der Waals surface area contributed by atoms with Gasteiger partial charge in [0.2, 0.25) is 0 Å². The van der Waals surface area contributed by atoms with Gasteiger partial charge in [0.15, 0.2) is 0 Å². The fourth-order valence-corrected chi connectivity index (χ4v) is 2.85. The monoisotopic (exact) mass is 330 g/mol. The van der Waals surface area contributed by atoms with Crippen molar-refractivity contribution in [1.82, 2.24) is 9.97 Å². The van der Waals surface area contributed by atoms with Crippen LogP contribution in [-0.2, 0) is 0 Å². The van der Waals surface area contributed by atoms with Gasteiger partial charge in [0, 0.05) is 16.8 Å². The third kappa shape index (κ3) is 3.99. The standard InChI is InChI=1S/C17H19ClN4O/c1-11-6-7-13(8-14(11)18)22-17(23)15-9-20-16(10-19-15)21-12-4-2-3-5-12/h6-10,12H,2-5H2,1H3,(H,20,21)(H,22,23). The third-order valence-corrected chi connectivity index (χ3v) is 4.43. The van der Waals surface area contributed by atoms with E-state index in [0.29, 0.717) is 22.6 Å². The Morgan fingerprint density at radius 2 is 2.00 bits per heavy atom. The molecule has 0 unspecified atom stereocenters. The summed E-state index contributed by atoms with van der Waals surface area (Å²) in [6, 6.07) is 5.86. The summed E-state index contributed by atoms with van der Waals surface area (Å²) in [5.74, 6) is 0.414. The van der Waals surface area contributed by atoms with Crippen LogP contribution in [0.25, 0.3) is 0 Å². The summed E-state index contributed by atoms with van der Waals surface area (Å²) >= 11 is 6.06. The summed E-state index contributed by atoms with van der Waals surface area (Å²) in [7, 11) is 0. The van der Waals surface area contributed by atoms with Gasteiger partial charge in [-0.1, -0.05) is 30.5 Å². The molecule has 3 rings (SSSR count). The highest BCUT2D eigenvalue weighted by atomic mass is 35.5. The van der Waals surface area contributed by atoms with Gasteiger partial charge in [-0.2, -0.15) is 0 Å². The van der Waals surface area contributed by atoms with Crippen molar-refractivity contribution in [2.45, 2.75) is 38.6 Å². The maximum atomic E-state index is 12.2. The Hall–Kier alpha value is -2.14. The molecule has 1 aliphatic rings. The zero-order valence-electron chi connectivity index (χ0n) is 13.0. The Bertz CT molecular complexity index is 696. The zero-order valence-corrected chi connectivity index (χ0v) is 13.7. The first-order valence-electron chi connectivity index (χ1n) is 7.78. The lowest BCUT2D eigenvalue weighted by Crippen LogP contribution is -2.17. The van der Waals surface area contributed by atoms with Gasteiger partial charge >= 0.3 is 0 Å². The maximum absolute atomic E-state index is 12.2. The van der Waals surface area contributed by atoms with Crippen molar-refractivity contribution in [3.63, 3.8) is 0 Å². The van der Waals surface area contributed by atoms with Crippen LogP contribution in [0.1, 0.15) is 41.7 Å². The van der Waals surface area contributed by atoms with E-state index < -0.39 is 0 Å². The molecule has 0 aliphatic heterocycles. The van der Waals surface area contributed by atoms with Crippen molar-refractivity contribution in [3.05, 3.63) is 46.9 Å². The Balaban J connectivity index is 1.63. The number of nitrogens with one attached hydrogen (secondary N) is 2. The van der Waals surface area contributed by atoms with Gasteiger partial charge in [-0.05, 0) is 37.5 Å². The molecule has 5 nitrogen and oxygen atoms in total. The van der Waals surface area contributed by atoms with E-state index in [1.165, 1.54) is 19.0 Å². The summed E-state index contributed by atoms with van der Waals surface area (Å²) in [6.07, 6.45) is 7.93. The van der Waals surface area contributed by atoms with E-state index in [-0.39, 0.29) is 11.6 Å². The number of aromatic nitrogens is 2. The van der Waals surface area contributed by atoms with Crippen LogP contribution in [0, 0.1) is 6.92 Å². The topological polar surface area (TPSA) is 66.9 Å². The predicted octanol–water partition coefficient (Wildman–Crippen LogP) is 4.05. The van der Waals surface area contributed by atoms with Crippen LogP contribution in [-0.4, -0.2) is 21.9 Å². The molecule has 120 valence electrons. The molecule has 1 heterocycles. The number of hydrogen-bond acceptors (Lipinski definition) is 4. The number of benzene rings is 1. The van der Waals surface area contributed by atoms with Gasteiger partial charge in [0.25, 0.3) is 5.91 Å². The highest BCUT2D eigenvalue weighted by molar-refractivity contribution is 6.31. The molecule has 1 fully saturated rings. The Kier molecular flexibility index (Phi) is 4.76. The van der Waals surface area contributed by atoms with E-state index >= 15 is 0 Å². The summed E-state index contributed by atoms with van der Waals surface area (Å²) in [5.41, 5.74) is 1.88. The summed E-state index contributed by atoms with van der Waals surface area (Å²) < 4.78 is 0. The first kappa shape index (κ1) is 15.7. The van der Waals surface area contributed by atoms with E-state index in [4.69, 9.17) is 11.6 Å². The van der Waals surface area contributed by atoms with Crippen LogP contribution in [0.2, 0.25) is 5.02 Å². The van der Waals surface area contributed by atoms with Crippen LogP contribution in [0.15, 0.2) is 30.6 Å². The fraction of sp³-hybridized carbons (Fsp3) is 0.353. The van der Waals surface area contributed by atoms with Gasteiger partial charge < -0.3 is 10.6 Å². The molecule has 2 N–H and O–H groups in total. The van der Waals surface area contributed by atoms with Crippen LogP contribution in [0.3, 0.4) is 0 Å². The summed E-state index contributed by atoms with van der Waals surface area (Å²) in [4.78, 5) is 20.7. The zero-order chi connectivity index (χ0) is 16.2. The molecule has 1 aromatic heterocycles. The van der Waals surface area contributed by atoms with Gasteiger partial charge in [-0.15, -0.1) is 0 Å². The van der Waals surface area contributed by atoms with Crippen molar-refractivity contribution in [1.29, 1.82) is 0 Å². The number of aryl methyl sites for hydroxylation is 1. The Morgan fingerprint density at radius 1 is 1.22 bits per heavy atom. The van der Waals surface area contributed by atoms with Crippen molar-refractivity contribution >= 4 is 29.0 Å². The molecule has 0 atom stereocenters. The molecule has 6 heteroatoms. The molecule has 23 heavy (non-hydrogen) atoms. The normalized spacial score (nSPS) is 14.7. The lowest BCUT2D eigenvalue weighted by molar-refractivity contribution is 0.102. The van der Waals surface area contributed by atoms with Gasteiger partial charge in [-0.25, -0.2) is 9.97 Å². The molecular formula is C17H19ClN4O. The minimum atomic E-state index is -0.301. The molecule has 0 radical (unpaired) electrons. The van der Waals surface area contributed by atoms with E-state index in [1.54, 1.807) is 12.3 Å². The molecule has 1 aliphatic carbocycles. The second kappa shape index (κ2) is 6.96. The van der Waals surface area contributed by atoms with Crippen LogP contribution in [0.5, 0.6) is 0 Å². The Labute approximate surface area is 140 Å². The third-order valence-electron chi connectivity index (χ3n) is 4.02. The lowest BCUT2D eigenvalue weighted by Gasteiger charge is -2.12. The molecular weight excluding hydrogens is 312 g/mol. The van der Waals surface area contributed by atoms with Gasteiger partial charge in [0.05, 0.1) is 12.4 Å². The van der Waals surface area contributed by atoms with E-state index in [9.17, 15) is 4.79 Å². The smallest absolute Gasteiger partial charge is 0.275 e. The molecule has 0 saturated heterocycles. The number of nitrogens with zero attached hydrogens (tertiary/aromatic N) is 2. The SMILES string of the molecule is Cc1ccc(NC(=O)c2cnc(NC3CCCC3)cn2)cc1Cl. The Morgan fingerprint density at radius 3 is 2.65 bits per heavy atom. The lowest BCUT2D eigenvalue weighted by atomic mass is 10.2. The molecule has 1 amide bonds. The number of carbonyl (C=O) groups excluding carboxylic acids is 1. The maximum Gasteiger partial charge on any atom is 0.275 e. The first-order chi connectivity index (χ1) is 11.1. The number of halogens is 1. The number of anilines is 2. The largest absolute Gasteiger partial charge is 0.366 e. The highest BCUT2D eigenvalue weighted by Crippen LogP contribution is 2.22. The molecule has 0 spiro atoms. The second-order valence-electron chi connectivity index (χ2n) is 5.83. The first-order valence-corrected chi connectivity index (χ1v) is 8.16. The van der Waals surface area contributed by atoms with Crippen molar-refractivity contribution in [2.75, 3.05) is 10.6 Å². The van der Waals surface area contributed by atoms with E-state index in [0.717, 1.165) is 18.4 Å². The van der Waals surface area contributed by atoms with Crippen LogP contribution >= 0.6 is 11.6 Å². The number of amides is 1. The number of carbonyl (C=O) groups is 1. The van der Waals surface area contributed by atoms with Gasteiger partial charge in [-0.3, -0.25) is 4.79 Å². The number of hydrogen-bond donors (Lipinski definition) is 2. The molecule has 1 aromatic carbocycles. The van der Waals surface area contributed by atoms with Crippen molar-refractivity contribution < 1.29 is 4.79 Å². The second-order valence-corrected chi connectivity index (χ2v) is 6.24. The van der Waals surface area contributed by atoms with Crippen LogP contribution in [0.4, 0.5) is 11.5 Å². The highest BCUT2D eigenvalue weighted by Gasteiger charge is 2.15. The van der Waals surface area contributed by atoms with Crippen LogP contribution < -0.4 is 10.6 Å². The molecule has 2 aromatic rings. The average Bonchev–Trinajstić information content (AvgIpc) is 3.04. The predicted molar refractivity (Wildman–Crippen MR) is 92.1 cm³/mol.